The zero-order valence-electron chi connectivity index (χ0n) is 11.2. The van der Waals surface area contributed by atoms with Crippen LogP contribution < -0.4 is 5.32 Å². The molecule has 4 heteroatoms. The van der Waals surface area contributed by atoms with Gasteiger partial charge in [-0.25, -0.2) is 0 Å². The monoisotopic (exact) mass is 261 g/mol. The summed E-state index contributed by atoms with van der Waals surface area (Å²) in [5.41, 5.74) is 0. The molecular formula is C13H27NO2S. The number of hydrogen-bond acceptors (Lipinski definition) is 4. The third kappa shape index (κ3) is 8.03. The molecule has 1 fully saturated rings. The first-order chi connectivity index (χ1) is 8.18. The van der Waals surface area contributed by atoms with Crippen molar-refractivity contribution in [2.75, 3.05) is 37.8 Å². The van der Waals surface area contributed by atoms with Crippen LogP contribution in [0, 0.1) is 11.8 Å². The van der Waals surface area contributed by atoms with Gasteiger partial charge in [0, 0.05) is 13.2 Å². The largest absolute Gasteiger partial charge is 0.389 e. The molecule has 0 saturated carbocycles. The molecule has 102 valence electrons. The van der Waals surface area contributed by atoms with E-state index < -0.39 is 0 Å². The molecule has 1 heterocycles. The van der Waals surface area contributed by atoms with E-state index in [1.807, 2.05) is 0 Å². The minimum atomic E-state index is -0.369. The van der Waals surface area contributed by atoms with Crippen molar-refractivity contribution >= 4 is 11.8 Å². The van der Waals surface area contributed by atoms with Crippen molar-refractivity contribution in [1.29, 1.82) is 0 Å². The summed E-state index contributed by atoms with van der Waals surface area (Å²) >= 11 is 2.06. The first kappa shape index (κ1) is 15.3. The van der Waals surface area contributed by atoms with Crippen LogP contribution in [0.25, 0.3) is 0 Å². The highest BCUT2D eigenvalue weighted by Crippen LogP contribution is 2.21. The fourth-order valence-corrected chi connectivity index (χ4v) is 3.11. The summed E-state index contributed by atoms with van der Waals surface area (Å²) in [6, 6.07) is 0. The number of aliphatic hydroxyl groups excluding tert-OH is 1. The topological polar surface area (TPSA) is 41.5 Å². The Morgan fingerprint density at radius 1 is 1.29 bits per heavy atom. The minimum Gasteiger partial charge on any atom is -0.389 e. The average molecular weight is 261 g/mol. The Bertz CT molecular complexity index is 184. The van der Waals surface area contributed by atoms with Gasteiger partial charge in [0.15, 0.2) is 0 Å². The molecule has 0 bridgehead atoms. The maximum atomic E-state index is 9.70. The number of thioether (sulfide) groups is 1. The van der Waals surface area contributed by atoms with Crippen molar-refractivity contribution < 1.29 is 9.84 Å². The fraction of sp³-hybridized carbons (Fsp3) is 1.00. The van der Waals surface area contributed by atoms with Gasteiger partial charge >= 0.3 is 0 Å². The molecule has 0 spiro atoms. The lowest BCUT2D eigenvalue weighted by Crippen LogP contribution is -2.34. The lowest BCUT2D eigenvalue weighted by molar-refractivity contribution is 0.0258. The van der Waals surface area contributed by atoms with Gasteiger partial charge in [0.1, 0.15) is 0 Å². The number of aliphatic hydroxyl groups is 1. The summed E-state index contributed by atoms with van der Waals surface area (Å²) in [6.45, 7) is 7.11. The Hall–Kier alpha value is 0.230. The maximum Gasteiger partial charge on any atom is 0.0897 e. The molecule has 2 N–H and O–H groups in total. The van der Waals surface area contributed by atoms with E-state index in [0.717, 1.165) is 19.1 Å². The van der Waals surface area contributed by atoms with E-state index in [1.54, 1.807) is 0 Å². The summed E-state index contributed by atoms with van der Waals surface area (Å²) < 4.78 is 5.41. The van der Waals surface area contributed by atoms with E-state index >= 15 is 0 Å². The summed E-state index contributed by atoms with van der Waals surface area (Å²) in [4.78, 5) is 0. The fourth-order valence-electron chi connectivity index (χ4n) is 1.90. The highest BCUT2D eigenvalue weighted by molar-refractivity contribution is 7.99. The van der Waals surface area contributed by atoms with Crippen LogP contribution in [0.1, 0.15) is 26.7 Å². The van der Waals surface area contributed by atoms with Crippen molar-refractivity contribution in [2.24, 2.45) is 11.8 Å². The van der Waals surface area contributed by atoms with Crippen molar-refractivity contribution in [3.05, 3.63) is 0 Å². The van der Waals surface area contributed by atoms with E-state index in [0.29, 0.717) is 19.1 Å². The molecule has 0 aromatic carbocycles. The Kier molecular flexibility index (Phi) is 8.27. The summed E-state index contributed by atoms with van der Waals surface area (Å²) in [5, 5.41) is 13.1. The smallest absolute Gasteiger partial charge is 0.0897 e. The van der Waals surface area contributed by atoms with Crippen molar-refractivity contribution in [1.82, 2.24) is 5.32 Å². The van der Waals surface area contributed by atoms with Crippen LogP contribution in [0.15, 0.2) is 0 Å². The highest BCUT2D eigenvalue weighted by atomic mass is 32.2. The molecule has 1 unspecified atom stereocenters. The quantitative estimate of drug-likeness (QED) is 0.698. The lowest BCUT2D eigenvalue weighted by Gasteiger charge is -2.22. The molecule has 3 nitrogen and oxygen atoms in total. The van der Waals surface area contributed by atoms with E-state index in [9.17, 15) is 5.11 Å². The predicted molar refractivity (Wildman–Crippen MR) is 74.6 cm³/mol. The molecule has 1 atom stereocenters. The minimum absolute atomic E-state index is 0.369. The second-order valence-electron chi connectivity index (χ2n) is 5.30. The number of hydrogen-bond donors (Lipinski definition) is 2. The molecule has 1 saturated heterocycles. The SMILES string of the molecule is CC(C)COCC(O)CNCC1CCSCC1. The summed E-state index contributed by atoms with van der Waals surface area (Å²) in [6.07, 6.45) is 2.27. The number of ether oxygens (including phenoxy) is 1. The van der Waals surface area contributed by atoms with Crippen LogP contribution in [0.4, 0.5) is 0 Å². The highest BCUT2D eigenvalue weighted by Gasteiger charge is 2.13. The molecular weight excluding hydrogens is 234 g/mol. The van der Waals surface area contributed by atoms with Crippen molar-refractivity contribution in [3.63, 3.8) is 0 Å². The predicted octanol–water partition coefficient (Wildman–Crippen LogP) is 1.75. The second kappa shape index (κ2) is 9.20. The van der Waals surface area contributed by atoms with Crippen LogP contribution in [0.2, 0.25) is 0 Å². The second-order valence-corrected chi connectivity index (χ2v) is 6.52. The van der Waals surface area contributed by atoms with E-state index in [4.69, 9.17) is 4.74 Å². The molecule has 1 aliphatic rings. The zero-order chi connectivity index (χ0) is 12.5. The Morgan fingerprint density at radius 2 is 2.00 bits per heavy atom. The van der Waals surface area contributed by atoms with E-state index in [2.05, 4.69) is 30.9 Å². The van der Waals surface area contributed by atoms with Gasteiger partial charge in [-0.05, 0) is 42.7 Å². The lowest BCUT2D eigenvalue weighted by atomic mass is 10.0. The average Bonchev–Trinajstić information content (AvgIpc) is 2.30. The van der Waals surface area contributed by atoms with Gasteiger partial charge in [-0.3, -0.25) is 0 Å². The first-order valence-electron chi connectivity index (χ1n) is 6.72. The maximum absolute atomic E-state index is 9.70. The van der Waals surface area contributed by atoms with Gasteiger partial charge in [0.05, 0.1) is 12.7 Å². The van der Waals surface area contributed by atoms with Crippen LogP contribution in [-0.2, 0) is 4.74 Å². The third-order valence-corrected chi connectivity index (χ3v) is 3.96. The zero-order valence-corrected chi connectivity index (χ0v) is 12.0. The Morgan fingerprint density at radius 3 is 2.65 bits per heavy atom. The number of rotatable bonds is 8. The van der Waals surface area contributed by atoms with Gasteiger partial charge in [0.25, 0.3) is 0 Å². The molecule has 0 aliphatic carbocycles. The molecule has 0 radical (unpaired) electrons. The standard InChI is InChI=1S/C13H27NO2S/c1-11(2)9-16-10-13(15)8-14-7-12-3-5-17-6-4-12/h11-15H,3-10H2,1-2H3. The van der Waals surface area contributed by atoms with Gasteiger partial charge in [-0.15, -0.1) is 0 Å². The van der Waals surface area contributed by atoms with Crippen LogP contribution >= 0.6 is 11.8 Å². The van der Waals surface area contributed by atoms with Crippen LogP contribution in [0.5, 0.6) is 0 Å². The molecule has 0 aromatic rings. The molecule has 1 aliphatic heterocycles. The molecule has 0 aromatic heterocycles. The molecule has 17 heavy (non-hydrogen) atoms. The third-order valence-electron chi connectivity index (χ3n) is 2.92. The summed E-state index contributed by atoms with van der Waals surface area (Å²) in [5.74, 6) is 3.94. The van der Waals surface area contributed by atoms with Gasteiger partial charge in [-0.1, -0.05) is 13.8 Å². The van der Waals surface area contributed by atoms with E-state index in [1.165, 1.54) is 24.3 Å². The normalized spacial score (nSPS) is 19.8. The van der Waals surface area contributed by atoms with Crippen molar-refractivity contribution in [3.8, 4) is 0 Å². The van der Waals surface area contributed by atoms with Crippen LogP contribution in [-0.4, -0.2) is 49.0 Å². The van der Waals surface area contributed by atoms with Crippen LogP contribution in [0.3, 0.4) is 0 Å². The Labute approximate surface area is 110 Å². The van der Waals surface area contributed by atoms with Gasteiger partial charge < -0.3 is 15.2 Å². The molecule has 1 rings (SSSR count). The first-order valence-corrected chi connectivity index (χ1v) is 7.88. The van der Waals surface area contributed by atoms with Gasteiger partial charge in [0.2, 0.25) is 0 Å². The van der Waals surface area contributed by atoms with Gasteiger partial charge in [-0.2, -0.15) is 11.8 Å². The van der Waals surface area contributed by atoms with Crippen molar-refractivity contribution in [2.45, 2.75) is 32.8 Å². The Balaban J connectivity index is 1.93. The summed E-state index contributed by atoms with van der Waals surface area (Å²) in [7, 11) is 0. The number of nitrogens with one attached hydrogen (secondary N) is 1. The molecule has 0 amide bonds. The van der Waals surface area contributed by atoms with E-state index in [-0.39, 0.29) is 6.10 Å².